The van der Waals surface area contributed by atoms with Gasteiger partial charge in [-0.3, -0.25) is 9.78 Å². The van der Waals surface area contributed by atoms with Crippen LogP contribution in [0.5, 0.6) is 0 Å². The fourth-order valence-corrected chi connectivity index (χ4v) is 2.01. The van der Waals surface area contributed by atoms with Crippen LogP contribution >= 0.6 is 0 Å². The van der Waals surface area contributed by atoms with Gasteiger partial charge in [0, 0.05) is 19.1 Å². The van der Waals surface area contributed by atoms with Crippen molar-refractivity contribution in [2.45, 2.75) is 53.0 Å². The Bertz CT molecular complexity index is 420. The Kier molecular flexibility index (Phi) is 6.98. The first-order valence-corrected chi connectivity index (χ1v) is 7.47. The molecule has 0 radical (unpaired) electrons. The van der Waals surface area contributed by atoms with Gasteiger partial charge in [0.1, 0.15) is 11.5 Å². The predicted molar refractivity (Wildman–Crippen MR) is 81.9 cm³/mol. The molecule has 0 aromatic carbocycles. The van der Waals surface area contributed by atoms with E-state index >= 15 is 0 Å². The van der Waals surface area contributed by atoms with Crippen LogP contribution in [0.4, 0.5) is 5.82 Å². The molecule has 112 valence electrons. The van der Waals surface area contributed by atoms with E-state index in [2.05, 4.69) is 22.2 Å². The van der Waals surface area contributed by atoms with E-state index in [0.717, 1.165) is 32.4 Å². The molecule has 1 amide bonds. The Morgan fingerprint density at radius 3 is 2.65 bits per heavy atom. The second-order valence-electron chi connectivity index (χ2n) is 5.12. The first kappa shape index (κ1) is 16.4. The summed E-state index contributed by atoms with van der Waals surface area (Å²) >= 11 is 0. The molecule has 1 aromatic heterocycles. The van der Waals surface area contributed by atoms with E-state index < -0.39 is 0 Å². The van der Waals surface area contributed by atoms with E-state index in [4.69, 9.17) is 0 Å². The molecule has 0 aliphatic carbocycles. The van der Waals surface area contributed by atoms with Gasteiger partial charge in [0.15, 0.2) is 0 Å². The van der Waals surface area contributed by atoms with Crippen molar-refractivity contribution >= 4 is 11.7 Å². The van der Waals surface area contributed by atoms with Gasteiger partial charge in [-0.2, -0.15) is 0 Å². The lowest BCUT2D eigenvalue weighted by Crippen LogP contribution is -2.38. The van der Waals surface area contributed by atoms with Crippen LogP contribution in [0.2, 0.25) is 0 Å². The summed E-state index contributed by atoms with van der Waals surface area (Å²) in [5, 5.41) is 3.08. The fourth-order valence-electron chi connectivity index (χ4n) is 2.01. The number of carbonyl (C=O) groups is 1. The maximum absolute atomic E-state index is 12.5. The summed E-state index contributed by atoms with van der Waals surface area (Å²) in [4.78, 5) is 22.8. The van der Waals surface area contributed by atoms with Crippen molar-refractivity contribution in [2.24, 2.45) is 0 Å². The SMILES string of the molecule is CCCCCN(C(=O)c1cncc(NCC)n1)C(C)C. The van der Waals surface area contributed by atoms with Crippen LogP contribution in [0.3, 0.4) is 0 Å². The predicted octanol–water partition coefficient (Wildman–Crippen LogP) is 2.95. The Morgan fingerprint density at radius 2 is 2.05 bits per heavy atom. The minimum atomic E-state index is -0.0386. The number of nitrogens with one attached hydrogen (secondary N) is 1. The number of unbranched alkanes of at least 4 members (excludes halogenated alkanes) is 2. The molecular weight excluding hydrogens is 252 g/mol. The van der Waals surface area contributed by atoms with Gasteiger partial charge in [0.05, 0.1) is 12.4 Å². The zero-order valence-corrected chi connectivity index (χ0v) is 13.0. The van der Waals surface area contributed by atoms with E-state index in [1.165, 1.54) is 0 Å². The Labute approximate surface area is 121 Å². The third kappa shape index (κ3) is 4.79. The molecule has 0 saturated carbocycles. The molecule has 1 aromatic rings. The first-order chi connectivity index (χ1) is 9.60. The zero-order chi connectivity index (χ0) is 15.0. The van der Waals surface area contributed by atoms with Crippen molar-refractivity contribution in [1.82, 2.24) is 14.9 Å². The monoisotopic (exact) mass is 278 g/mol. The van der Waals surface area contributed by atoms with Crippen molar-refractivity contribution < 1.29 is 4.79 Å². The highest BCUT2D eigenvalue weighted by atomic mass is 16.2. The second-order valence-corrected chi connectivity index (χ2v) is 5.12. The molecule has 0 saturated heterocycles. The van der Waals surface area contributed by atoms with E-state index in [-0.39, 0.29) is 11.9 Å². The number of amides is 1. The van der Waals surface area contributed by atoms with Gasteiger partial charge in [-0.1, -0.05) is 19.8 Å². The van der Waals surface area contributed by atoms with Gasteiger partial charge in [-0.15, -0.1) is 0 Å². The first-order valence-electron chi connectivity index (χ1n) is 7.47. The van der Waals surface area contributed by atoms with E-state index in [0.29, 0.717) is 11.5 Å². The maximum atomic E-state index is 12.5. The average Bonchev–Trinajstić information content (AvgIpc) is 2.43. The molecule has 5 nitrogen and oxygen atoms in total. The van der Waals surface area contributed by atoms with Crippen molar-refractivity contribution in [3.8, 4) is 0 Å². The third-order valence-electron chi connectivity index (χ3n) is 3.10. The summed E-state index contributed by atoms with van der Waals surface area (Å²) in [6.07, 6.45) is 6.49. The molecular formula is C15H26N4O. The van der Waals surface area contributed by atoms with Gasteiger partial charge in [0.2, 0.25) is 0 Å². The minimum absolute atomic E-state index is 0.0386. The van der Waals surface area contributed by atoms with Crippen molar-refractivity contribution in [2.75, 3.05) is 18.4 Å². The number of rotatable bonds is 8. The van der Waals surface area contributed by atoms with Gasteiger partial charge in [-0.05, 0) is 27.2 Å². The molecule has 0 aliphatic rings. The molecule has 1 heterocycles. The van der Waals surface area contributed by atoms with Crippen molar-refractivity contribution in [1.29, 1.82) is 0 Å². The van der Waals surface area contributed by atoms with Crippen LogP contribution in [-0.4, -0.2) is 39.9 Å². The molecule has 1 rings (SSSR count). The highest BCUT2D eigenvalue weighted by Crippen LogP contribution is 2.10. The van der Waals surface area contributed by atoms with E-state index in [9.17, 15) is 4.79 Å². The molecule has 20 heavy (non-hydrogen) atoms. The van der Waals surface area contributed by atoms with Crippen LogP contribution in [0, 0.1) is 0 Å². The lowest BCUT2D eigenvalue weighted by Gasteiger charge is -2.26. The number of carbonyl (C=O) groups excluding carboxylic acids is 1. The highest BCUT2D eigenvalue weighted by molar-refractivity contribution is 5.92. The summed E-state index contributed by atoms with van der Waals surface area (Å²) < 4.78 is 0. The third-order valence-corrected chi connectivity index (χ3v) is 3.10. The molecule has 5 heteroatoms. The molecule has 0 unspecified atom stereocenters. The van der Waals surface area contributed by atoms with Crippen LogP contribution in [0.15, 0.2) is 12.4 Å². The molecule has 0 aliphatic heterocycles. The number of aromatic nitrogens is 2. The summed E-state index contributed by atoms with van der Waals surface area (Å²) in [6.45, 7) is 9.75. The topological polar surface area (TPSA) is 58.1 Å². The van der Waals surface area contributed by atoms with E-state index in [1.807, 2.05) is 25.7 Å². The summed E-state index contributed by atoms with van der Waals surface area (Å²) in [5.74, 6) is 0.610. The highest BCUT2D eigenvalue weighted by Gasteiger charge is 2.20. The number of nitrogens with zero attached hydrogens (tertiary/aromatic N) is 3. The smallest absolute Gasteiger partial charge is 0.274 e. The molecule has 0 fully saturated rings. The zero-order valence-electron chi connectivity index (χ0n) is 13.0. The standard InChI is InChI=1S/C15H26N4O/c1-5-7-8-9-19(12(3)4)15(20)13-10-16-11-14(18-13)17-6-2/h10-12H,5-9H2,1-4H3,(H,17,18). The van der Waals surface area contributed by atoms with Crippen LogP contribution in [0.25, 0.3) is 0 Å². The Balaban J connectivity index is 2.80. The minimum Gasteiger partial charge on any atom is -0.369 e. The summed E-state index contributed by atoms with van der Waals surface area (Å²) in [5.41, 5.74) is 0.411. The number of hydrogen-bond donors (Lipinski definition) is 1. The normalized spacial score (nSPS) is 10.7. The molecule has 0 atom stereocenters. The number of hydrogen-bond acceptors (Lipinski definition) is 4. The van der Waals surface area contributed by atoms with Crippen molar-refractivity contribution in [3.63, 3.8) is 0 Å². The summed E-state index contributed by atoms with van der Waals surface area (Å²) in [6, 6.07) is 0.170. The Morgan fingerprint density at radius 1 is 1.30 bits per heavy atom. The lowest BCUT2D eigenvalue weighted by molar-refractivity contribution is 0.0696. The van der Waals surface area contributed by atoms with Gasteiger partial charge in [0.25, 0.3) is 5.91 Å². The van der Waals surface area contributed by atoms with Crippen molar-refractivity contribution in [3.05, 3.63) is 18.1 Å². The fraction of sp³-hybridized carbons (Fsp3) is 0.667. The quantitative estimate of drug-likeness (QED) is 0.743. The molecule has 0 spiro atoms. The van der Waals surface area contributed by atoms with Crippen LogP contribution in [-0.2, 0) is 0 Å². The van der Waals surface area contributed by atoms with E-state index in [1.54, 1.807) is 12.4 Å². The number of anilines is 1. The molecule has 0 bridgehead atoms. The maximum Gasteiger partial charge on any atom is 0.274 e. The second kappa shape index (κ2) is 8.51. The van der Waals surface area contributed by atoms with Gasteiger partial charge >= 0.3 is 0 Å². The van der Waals surface area contributed by atoms with Crippen LogP contribution < -0.4 is 5.32 Å². The summed E-state index contributed by atoms with van der Waals surface area (Å²) in [7, 11) is 0. The molecule has 1 N–H and O–H groups in total. The van der Waals surface area contributed by atoms with Crippen LogP contribution in [0.1, 0.15) is 57.4 Å². The van der Waals surface area contributed by atoms with Gasteiger partial charge < -0.3 is 10.2 Å². The largest absolute Gasteiger partial charge is 0.369 e. The van der Waals surface area contributed by atoms with Gasteiger partial charge in [-0.25, -0.2) is 4.98 Å². The Hall–Kier alpha value is -1.65. The average molecular weight is 278 g/mol. The lowest BCUT2D eigenvalue weighted by atomic mass is 10.2.